The molecule has 5 heteroatoms. The number of rotatable bonds is 0. The van der Waals surface area contributed by atoms with Crippen LogP contribution in [0.3, 0.4) is 0 Å². The van der Waals surface area contributed by atoms with E-state index in [1.165, 1.54) is 0 Å². The average Bonchev–Trinajstić information content (AvgIpc) is 0. The molecule has 16 valence electrons. The van der Waals surface area contributed by atoms with Gasteiger partial charge in [-0.3, -0.25) is 0 Å². The zero-order valence-electron chi connectivity index (χ0n) is 2.32. The van der Waals surface area contributed by atoms with Gasteiger partial charge < -0.3 is 11.0 Å². The van der Waals surface area contributed by atoms with Crippen LogP contribution in [0.1, 0.15) is 0 Å². The third-order valence-corrected chi connectivity index (χ3v) is 0. The maximum absolute atomic E-state index is 0. The van der Waals surface area contributed by atoms with Crippen LogP contribution in [0, 0.1) is 0 Å². The van der Waals surface area contributed by atoms with E-state index in [0.717, 1.165) is 0 Å². The van der Waals surface area contributed by atoms with Crippen LogP contribution in [0.25, 0.3) is 0 Å². The third kappa shape index (κ3) is 41.8. The minimum Gasteiger partial charge on any atom is -2.00 e. The van der Waals surface area contributed by atoms with Gasteiger partial charge in [-0.15, -0.1) is 0 Å². The second-order valence-electron chi connectivity index (χ2n) is 0. The molecule has 2 nitrogen and oxygen atoms in total. The summed E-state index contributed by atoms with van der Waals surface area (Å²) in [5.41, 5.74) is 0. The SMILES string of the molecule is [O-2].[O-2].[Si+4].[Si+4].[Ti+4]. The molecule has 0 spiro atoms. The smallest absolute Gasteiger partial charge is 2.00 e. The largest absolute Gasteiger partial charge is 4.00 e. The van der Waals surface area contributed by atoms with Crippen molar-refractivity contribution >= 4 is 21.9 Å². The Morgan fingerprint density at radius 1 is 0.600 bits per heavy atom. The topological polar surface area (TPSA) is 57.0 Å². The maximum Gasteiger partial charge on any atom is 4.00 e. The van der Waals surface area contributed by atoms with Gasteiger partial charge in [-0.2, -0.15) is 0 Å². The van der Waals surface area contributed by atoms with E-state index in [1.54, 1.807) is 0 Å². The second-order valence-corrected chi connectivity index (χ2v) is 0. The normalized spacial score (nSPS) is 0. The standard InChI is InChI=1S/2O.2Si.Ti/q2*-2;3*+4. The van der Waals surface area contributed by atoms with Crippen molar-refractivity contribution in [2.45, 2.75) is 0 Å². The Bertz CT molecular complexity index is 7.61. The molecule has 0 aromatic rings. The van der Waals surface area contributed by atoms with Gasteiger partial charge in [0.1, 0.15) is 0 Å². The molecule has 0 radical (unpaired) electrons. The Labute approximate surface area is 54.9 Å². The fourth-order valence-electron chi connectivity index (χ4n) is 0. The molecule has 0 N–H and O–H groups in total. The molecule has 0 aromatic heterocycles. The summed E-state index contributed by atoms with van der Waals surface area (Å²) in [6.45, 7) is 0. The van der Waals surface area contributed by atoms with Crippen LogP contribution in [0.2, 0.25) is 0 Å². The first-order valence-electron chi connectivity index (χ1n) is 0. The van der Waals surface area contributed by atoms with Gasteiger partial charge in [0.05, 0.1) is 0 Å². The molecule has 0 amide bonds. The van der Waals surface area contributed by atoms with Crippen LogP contribution in [0.5, 0.6) is 0 Å². The van der Waals surface area contributed by atoms with Crippen molar-refractivity contribution in [3.8, 4) is 0 Å². The van der Waals surface area contributed by atoms with Crippen LogP contribution in [-0.4, -0.2) is 21.9 Å². The van der Waals surface area contributed by atoms with Crippen molar-refractivity contribution in [3.05, 3.63) is 0 Å². The van der Waals surface area contributed by atoms with Crippen molar-refractivity contribution in [1.82, 2.24) is 0 Å². The average molecular weight is 136 g/mol. The molecule has 0 fully saturated rings. The first-order chi connectivity index (χ1) is 0. The van der Waals surface area contributed by atoms with Crippen molar-refractivity contribution in [2.24, 2.45) is 0 Å². The van der Waals surface area contributed by atoms with Crippen molar-refractivity contribution in [1.29, 1.82) is 0 Å². The van der Waals surface area contributed by atoms with Gasteiger partial charge in [0.15, 0.2) is 0 Å². The molecular formula is O2Si2Ti+8. The summed E-state index contributed by atoms with van der Waals surface area (Å²) >= 11 is 0. The minimum absolute atomic E-state index is 0. The predicted molar refractivity (Wildman–Crippen MR) is 12.9 cm³/mol. The minimum atomic E-state index is 0. The molecule has 0 heterocycles. The number of hydrogen-bond acceptors (Lipinski definition) is 0. The number of hydrogen-bond donors (Lipinski definition) is 0. The molecule has 0 saturated heterocycles. The van der Waals surface area contributed by atoms with Crippen molar-refractivity contribution in [3.63, 3.8) is 0 Å². The summed E-state index contributed by atoms with van der Waals surface area (Å²) in [4.78, 5) is 0. The quantitative estimate of drug-likeness (QED) is 0.383. The van der Waals surface area contributed by atoms with Crippen molar-refractivity contribution < 1.29 is 32.7 Å². The van der Waals surface area contributed by atoms with Crippen molar-refractivity contribution in [2.75, 3.05) is 0 Å². The summed E-state index contributed by atoms with van der Waals surface area (Å²) in [6.07, 6.45) is 0. The Kier molecular flexibility index (Phi) is 2010. The van der Waals surface area contributed by atoms with E-state index in [0.29, 0.717) is 0 Å². The first-order valence-corrected chi connectivity index (χ1v) is 0. The Morgan fingerprint density at radius 2 is 0.600 bits per heavy atom. The summed E-state index contributed by atoms with van der Waals surface area (Å²) in [6, 6.07) is 0. The molecule has 0 aromatic carbocycles. The van der Waals surface area contributed by atoms with Gasteiger partial charge in [-0.25, -0.2) is 0 Å². The van der Waals surface area contributed by atoms with E-state index in [9.17, 15) is 0 Å². The first kappa shape index (κ1) is 137. The molecular weight excluding hydrogens is 136 g/mol. The molecule has 0 saturated carbocycles. The molecule has 0 bridgehead atoms. The summed E-state index contributed by atoms with van der Waals surface area (Å²) in [5, 5.41) is 0. The Hall–Kier alpha value is 1.07. The van der Waals surface area contributed by atoms with Crippen LogP contribution in [-0.2, 0) is 32.7 Å². The van der Waals surface area contributed by atoms with Gasteiger partial charge in [0.2, 0.25) is 0 Å². The maximum atomic E-state index is 0. The molecule has 0 aliphatic rings. The van der Waals surface area contributed by atoms with Crippen LogP contribution >= 0.6 is 0 Å². The Balaban J connectivity index is 0. The van der Waals surface area contributed by atoms with Crippen LogP contribution in [0.4, 0.5) is 0 Å². The molecule has 0 rings (SSSR count). The third-order valence-electron chi connectivity index (χ3n) is 0. The van der Waals surface area contributed by atoms with Gasteiger partial charge in [0, 0.05) is 0 Å². The summed E-state index contributed by atoms with van der Waals surface area (Å²) in [5.74, 6) is 0. The van der Waals surface area contributed by atoms with E-state index in [1.807, 2.05) is 0 Å². The molecule has 0 aliphatic heterocycles. The monoisotopic (exact) mass is 136 g/mol. The molecule has 0 unspecified atom stereocenters. The van der Waals surface area contributed by atoms with Crippen LogP contribution in [0.15, 0.2) is 0 Å². The van der Waals surface area contributed by atoms with E-state index in [4.69, 9.17) is 0 Å². The fourth-order valence-corrected chi connectivity index (χ4v) is 0. The molecule has 0 aliphatic carbocycles. The van der Waals surface area contributed by atoms with E-state index < -0.39 is 0 Å². The second kappa shape index (κ2) is 73.5. The zero-order chi connectivity index (χ0) is 0. The summed E-state index contributed by atoms with van der Waals surface area (Å²) in [7, 11) is 0. The zero-order valence-corrected chi connectivity index (χ0v) is 5.88. The Morgan fingerprint density at radius 3 is 0.600 bits per heavy atom. The van der Waals surface area contributed by atoms with Crippen LogP contribution < -0.4 is 0 Å². The fraction of sp³-hybridized carbons (Fsp3) is 0. The van der Waals surface area contributed by atoms with Gasteiger partial charge >= 0.3 is 43.6 Å². The summed E-state index contributed by atoms with van der Waals surface area (Å²) < 4.78 is 0. The van der Waals surface area contributed by atoms with E-state index in [2.05, 4.69) is 0 Å². The molecule has 0 atom stereocenters. The van der Waals surface area contributed by atoms with Gasteiger partial charge in [-0.1, -0.05) is 0 Å². The predicted octanol–water partition coefficient (Wildman–Crippen LogP) is -1.00. The van der Waals surface area contributed by atoms with E-state index >= 15 is 0 Å². The molecule has 5 heavy (non-hydrogen) atoms. The van der Waals surface area contributed by atoms with E-state index in [-0.39, 0.29) is 54.6 Å². The van der Waals surface area contributed by atoms with Gasteiger partial charge in [0.25, 0.3) is 0 Å². The van der Waals surface area contributed by atoms with Gasteiger partial charge in [-0.05, 0) is 0 Å².